The molecule has 2 aromatic carbocycles. The molecule has 4 rings (SSSR count). The number of benzene rings is 2. The van der Waals surface area contributed by atoms with Crippen molar-refractivity contribution in [3.05, 3.63) is 58.7 Å². The monoisotopic (exact) mass is 380 g/mol. The number of hydrogen-bond donors (Lipinski definition) is 0. The van der Waals surface area contributed by atoms with Crippen molar-refractivity contribution in [3.63, 3.8) is 0 Å². The molecule has 0 N–H and O–H groups in total. The zero-order chi connectivity index (χ0) is 19.5. The molecule has 0 aliphatic carbocycles. The lowest BCUT2D eigenvalue weighted by atomic mass is 9.98. The van der Waals surface area contributed by atoms with Crippen LogP contribution in [0.1, 0.15) is 28.7 Å². The van der Waals surface area contributed by atoms with Crippen LogP contribution in [-0.2, 0) is 30.7 Å². The molecule has 1 amide bonds. The number of carbonyl (C=O) groups is 1. The van der Waals surface area contributed by atoms with Crippen LogP contribution < -0.4 is 9.47 Å². The van der Waals surface area contributed by atoms with Crippen LogP contribution in [0.4, 0.5) is 0 Å². The summed E-state index contributed by atoms with van der Waals surface area (Å²) in [7, 11) is 3.34. The molecule has 0 fully saturated rings. The first-order chi connectivity index (χ1) is 13.7. The third kappa shape index (κ3) is 3.85. The van der Waals surface area contributed by atoms with E-state index in [2.05, 4.69) is 41.3 Å². The van der Waals surface area contributed by atoms with Crippen LogP contribution in [0.25, 0.3) is 0 Å². The quantitative estimate of drug-likeness (QED) is 0.800. The normalized spacial score (nSPS) is 16.3. The van der Waals surface area contributed by atoms with E-state index in [0.29, 0.717) is 6.42 Å². The van der Waals surface area contributed by atoms with Crippen molar-refractivity contribution in [2.24, 2.45) is 0 Å². The number of fused-ring (bicyclic) bond motifs is 2. The number of ether oxygens (including phenoxy) is 2. The van der Waals surface area contributed by atoms with Crippen molar-refractivity contribution in [2.45, 2.75) is 32.4 Å². The molecule has 2 aromatic rings. The molecule has 0 spiro atoms. The molecule has 148 valence electrons. The van der Waals surface area contributed by atoms with Gasteiger partial charge in [-0.05, 0) is 47.2 Å². The zero-order valence-corrected chi connectivity index (χ0v) is 16.7. The SMILES string of the molecule is COc1cc2c(cc1OC)CN(CCC(=O)N1CCc3ccccc3C1)CC2. The largest absolute Gasteiger partial charge is 0.493 e. The summed E-state index contributed by atoms with van der Waals surface area (Å²) in [5, 5.41) is 0. The van der Waals surface area contributed by atoms with E-state index in [-0.39, 0.29) is 5.91 Å². The Labute approximate surface area is 166 Å². The first-order valence-corrected chi connectivity index (χ1v) is 9.98. The number of methoxy groups -OCH3 is 2. The molecular formula is C23H28N2O3. The van der Waals surface area contributed by atoms with E-state index in [1.807, 2.05) is 4.90 Å². The van der Waals surface area contributed by atoms with Gasteiger partial charge in [0.15, 0.2) is 11.5 Å². The van der Waals surface area contributed by atoms with Crippen LogP contribution in [0.2, 0.25) is 0 Å². The third-order valence-electron chi connectivity index (χ3n) is 5.92. The molecule has 2 aliphatic heterocycles. The highest BCUT2D eigenvalue weighted by molar-refractivity contribution is 5.76. The summed E-state index contributed by atoms with van der Waals surface area (Å²) >= 11 is 0. The molecule has 0 radical (unpaired) electrons. The number of amides is 1. The lowest BCUT2D eigenvalue weighted by molar-refractivity contribution is -0.132. The van der Waals surface area contributed by atoms with E-state index in [0.717, 1.165) is 57.1 Å². The Morgan fingerprint density at radius 3 is 2.32 bits per heavy atom. The first kappa shape index (κ1) is 18.8. The number of hydrogen-bond acceptors (Lipinski definition) is 4. The van der Waals surface area contributed by atoms with E-state index >= 15 is 0 Å². The lowest BCUT2D eigenvalue weighted by Crippen LogP contribution is -2.39. The summed E-state index contributed by atoms with van der Waals surface area (Å²) in [4.78, 5) is 17.1. The van der Waals surface area contributed by atoms with Gasteiger partial charge in [0.1, 0.15) is 0 Å². The highest BCUT2D eigenvalue weighted by Crippen LogP contribution is 2.33. The lowest BCUT2D eigenvalue weighted by Gasteiger charge is -2.32. The minimum absolute atomic E-state index is 0.257. The summed E-state index contributed by atoms with van der Waals surface area (Å²) < 4.78 is 10.9. The average Bonchev–Trinajstić information content (AvgIpc) is 2.75. The summed E-state index contributed by atoms with van der Waals surface area (Å²) in [6, 6.07) is 12.6. The van der Waals surface area contributed by atoms with Gasteiger partial charge in [0.25, 0.3) is 0 Å². The molecular weight excluding hydrogens is 352 g/mol. The molecule has 2 aliphatic rings. The zero-order valence-electron chi connectivity index (χ0n) is 16.7. The Hall–Kier alpha value is -2.53. The van der Waals surface area contributed by atoms with Gasteiger partial charge in [0, 0.05) is 39.1 Å². The molecule has 2 heterocycles. The van der Waals surface area contributed by atoms with Crippen LogP contribution in [0, 0.1) is 0 Å². The van der Waals surface area contributed by atoms with Gasteiger partial charge in [-0.15, -0.1) is 0 Å². The van der Waals surface area contributed by atoms with E-state index in [1.54, 1.807) is 14.2 Å². The molecule has 0 atom stereocenters. The molecule has 0 bridgehead atoms. The smallest absolute Gasteiger partial charge is 0.224 e. The predicted molar refractivity (Wildman–Crippen MR) is 109 cm³/mol. The Morgan fingerprint density at radius 1 is 0.893 bits per heavy atom. The van der Waals surface area contributed by atoms with E-state index in [9.17, 15) is 4.79 Å². The molecule has 5 heteroatoms. The van der Waals surface area contributed by atoms with Gasteiger partial charge in [-0.1, -0.05) is 24.3 Å². The minimum atomic E-state index is 0.257. The maximum atomic E-state index is 12.7. The standard InChI is InChI=1S/C23H28N2O3/c1-27-21-13-18-7-10-24(15-20(18)14-22(21)28-2)11-9-23(26)25-12-8-17-5-3-4-6-19(17)16-25/h3-6,13-14H,7-12,15-16H2,1-2H3. The van der Waals surface area contributed by atoms with Gasteiger partial charge in [-0.25, -0.2) is 0 Å². The fourth-order valence-electron chi connectivity index (χ4n) is 4.25. The summed E-state index contributed by atoms with van der Waals surface area (Å²) in [5.74, 6) is 1.81. The van der Waals surface area contributed by atoms with Crippen LogP contribution in [-0.4, -0.2) is 49.6 Å². The fourth-order valence-corrected chi connectivity index (χ4v) is 4.25. The Bertz CT molecular complexity index is 865. The Morgan fingerprint density at radius 2 is 1.57 bits per heavy atom. The van der Waals surface area contributed by atoms with Crippen LogP contribution in [0.5, 0.6) is 11.5 Å². The van der Waals surface area contributed by atoms with Crippen molar-refractivity contribution < 1.29 is 14.3 Å². The Kier molecular flexibility index (Phi) is 5.53. The van der Waals surface area contributed by atoms with Crippen LogP contribution >= 0.6 is 0 Å². The van der Waals surface area contributed by atoms with E-state index in [1.165, 1.54) is 22.3 Å². The van der Waals surface area contributed by atoms with Gasteiger partial charge in [-0.3, -0.25) is 9.69 Å². The second-order valence-electron chi connectivity index (χ2n) is 7.59. The van der Waals surface area contributed by atoms with Crippen molar-refractivity contribution in [2.75, 3.05) is 33.9 Å². The van der Waals surface area contributed by atoms with Crippen LogP contribution in [0.3, 0.4) is 0 Å². The summed E-state index contributed by atoms with van der Waals surface area (Å²) in [5.41, 5.74) is 5.25. The molecule has 0 saturated carbocycles. The minimum Gasteiger partial charge on any atom is -0.493 e. The summed E-state index contributed by atoms with van der Waals surface area (Å²) in [6.45, 7) is 4.19. The average molecular weight is 380 g/mol. The third-order valence-corrected chi connectivity index (χ3v) is 5.92. The number of rotatable bonds is 5. The topological polar surface area (TPSA) is 42.0 Å². The van der Waals surface area contributed by atoms with E-state index in [4.69, 9.17) is 9.47 Å². The molecule has 0 unspecified atom stereocenters. The van der Waals surface area contributed by atoms with Gasteiger partial charge in [0.05, 0.1) is 14.2 Å². The predicted octanol–water partition coefficient (Wildman–Crippen LogP) is 3.04. The van der Waals surface area contributed by atoms with Gasteiger partial charge in [0.2, 0.25) is 5.91 Å². The maximum absolute atomic E-state index is 12.7. The van der Waals surface area contributed by atoms with Gasteiger partial charge in [-0.2, -0.15) is 0 Å². The highest BCUT2D eigenvalue weighted by Gasteiger charge is 2.23. The van der Waals surface area contributed by atoms with Crippen molar-refractivity contribution in [1.82, 2.24) is 9.80 Å². The van der Waals surface area contributed by atoms with Crippen molar-refractivity contribution >= 4 is 5.91 Å². The molecule has 28 heavy (non-hydrogen) atoms. The second-order valence-corrected chi connectivity index (χ2v) is 7.59. The molecule has 0 saturated heterocycles. The second kappa shape index (κ2) is 8.23. The Balaban J connectivity index is 1.34. The summed E-state index contributed by atoms with van der Waals surface area (Å²) in [6.07, 6.45) is 2.51. The van der Waals surface area contributed by atoms with Crippen LogP contribution in [0.15, 0.2) is 36.4 Å². The number of nitrogens with zero attached hydrogens (tertiary/aromatic N) is 2. The number of carbonyl (C=O) groups excluding carboxylic acids is 1. The van der Waals surface area contributed by atoms with Crippen molar-refractivity contribution in [1.29, 1.82) is 0 Å². The highest BCUT2D eigenvalue weighted by atomic mass is 16.5. The fraction of sp³-hybridized carbons (Fsp3) is 0.435. The first-order valence-electron chi connectivity index (χ1n) is 9.98. The molecule has 0 aromatic heterocycles. The maximum Gasteiger partial charge on any atom is 0.224 e. The van der Waals surface area contributed by atoms with Crippen molar-refractivity contribution in [3.8, 4) is 11.5 Å². The van der Waals surface area contributed by atoms with Gasteiger partial charge >= 0.3 is 0 Å². The van der Waals surface area contributed by atoms with Gasteiger partial charge < -0.3 is 14.4 Å². The van der Waals surface area contributed by atoms with E-state index < -0.39 is 0 Å². The molecule has 5 nitrogen and oxygen atoms in total.